The molecule has 178 valence electrons. The van der Waals surface area contributed by atoms with Gasteiger partial charge in [0.15, 0.2) is 23.0 Å². The van der Waals surface area contributed by atoms with Crippen molar-refractivity contribution in [2.24, 2.45) is 0 Å². The molecule has 1 atom stereocenters. The SMILES string of the molecule is CCOc1ccc(/C=C2\SC(=O)N(CCNC(=O)[C@@H]3COc4ccccc4O3)C2=O)cc1OC. The van der Waals surface area contributed by atoms with Crippen LogP contribution >= 0.6 is 11.8 Å². The lowest BCUT2D eigenvalue weighted by Gasteiger charge is -2.25. The number of rotatable bonds is 8. The van der Waals surface area contributed by atoms with Gasteiger partial charge in [-0.15, -0.1) is 0 Å². The number of amides is 3. The van der Waals surface area contributed by atoms with Crippen LogP contribution in [0.4, 0.5) is 4.79 Å². The van der Waals surface area contributed by atoms with Gasteiger partial charge in [0.05, 0.1) is 18.6 Å². The van der Waals surface area contributed by atoms with Crippen molar-refractivity contribution < 1.29 is 33.3 Å². The standard InChI is InChI=1S/C24H24N2O7S/c1-3-31-17-9-8-15(12-19(17)30-2)13-21-23(28)26(24(29)34-21)11-10-25-22(27)20-14-32-16-6-4-5-7-18(16)33-20/h4-9,12-13,20H,3,10-11,14H2,1-2H3,(H,25,27)/b21-13-/t20-/m0/s1. The van der Waals surface area contributed by atoms with E-state index in [1.54, 1.807) is 42.5 Å². The number of nitrogens with one attached hydrogen (secondary N) is 1. The second kappa shape index (κ2) is 10.5. The van der Waals surface area contributed by atoms with Crippen LogP contribution in [0.5, 0.6) is 23.0 Å². The predicted octanol–water partition coefficient (Wildman–Crippen LogP) is 3.09. The number of hydrogen-bond donors (Lipinski definition) is 1. The lowest BCUT2D eigenvalue weighted by atomic mass is 10.2. The van der Waals surface area contributed by atoms with E-state index in [1.165, 1.54) is 7.11 Å². The van der Waals surface area contributed by atoms with Crippen molar-refractivity contribution in [1.82, 2.24) is 10.2 Å². The summed E-state index contributed by atoms with van der Waals surface area (Å²) >= 11 is 0.853. The minimum absolute atomic E-state index is 0.0461. The largest absolute Gasteiger partial charge is 0.493 e. The Kier molecular flexibility index (Phi) is 7.27. The molecule has 2 aliphatic heterocycles. The maximum absolute atomic E-state index is 12.8. The van der Waals surface area contributed by atoms with E-state index in [1.807, 2.05) is 13.0 Å². The molecule has 2 aliphatic rings. The van der Waals surface area contributed by atoms with Crippen LogP contribution in [0.25, 0.3) is 6.08 Å². The summed E-state index contributed by atoms with van der Waals surface area (Å²) in [7, 11) is 1.53. The Balaban J connectivity index is 1.33. The van der Waals surface area contributed by atoms with Gasteiger partial charge in [0.25, 0.3) is 17.1 Å². The highest BCUT2D eigenvalue weighted by molar-refractivity contribution is 8.18. The van der Waals surface area contributed by atoms with Crippen LogP contribution in [0.1, 0.15) is 12.5 Å². The molecule has 10 heteroatoms. The fourth-order valence-corrected chi connectivity index (χ4v) is 4.31. The molecule has 34 heavy (non-hydrogen) atoms. The average Bonchev–Trinajstić information content (AvgIpc) is 3.11. The molecular formula is C24H24N2O7S. The van der Waals surface area contributed by atoms with Gasteiger partial charge >= 0.3 is 0 Å². The fraction of sp³-hybridized carbons (Fsp3) is 0.292. The summed E-state index contributed by atoms with van der Waals surface area (Å²) in [6.45, 7) is 2.60. The van der Waals surface area contributed by atoms with Crippen LogP contribution in [0.3, 0.4) is 0 Å². The molecule has 1 saturated heterocycles. The molecule has 9 nitrogen and oxygen atoms in total. The quantitative estimate of drug-likeness (QED) is 0.570. The average molecular weight is 485 g/mol. The molecule has 0 aliphatic carbocycles. The number of thioether (sulfide) groups is 1. The number of imide groups is 1. The Morgan fingerprint density at radius 1 is 1.21 bits per heavy atom. The van der Waals surface area contributed by atoms with Gasteiger partial charge in [-0.1, -0.05) is 18.2 Å². The minimum Gasteiger partial charge on any atom is -0.493 e. The molecule has 2 aromatic rings. The maximum atomic E-state index is 12.8. The molecule has 0 aromatic heterocycles. The summed E-state index contributed by atoms with van der Waals surface area (Å²) in [6.07, 6.45) is 0.825. The molecule has 3 amide bonds. The summed E-state index contributed by atoms with van der Waals surface area (Å²) in [4.78, 5) is 39.0. The van der Waals surface area contributed by atoms with E-state index in [2.05, 4.69) is 5.32 Å². The topological polar surface area (TPSA) is 103 Å². The Hall–Kier alpha value is -3.66. The van der Waals surface area contributed by atoms with Gasteiger partial charge in [0, 0.05) is 13.1 Å². The third kappa shape index (κ3) is 5.12. The van der Waals surface area contributed by atoms with Crippen LogP contribution in [0.2, 0.25) is 0 Å². The molecule has 0 unspecified atom stereocenters. The van der Waals surface area contributed by atoms with Gasteiger partial charge in [-0.2, -0.15) is 0 Å². The molecule has 1 N–H and O–H groups in total. The zero-order chi connectivity index (χ0) is 24.1. The second-order valence-electron chi connectivity index (χ2n) is 7.33. The zero-order valence-electron chi connectivity index (χ0n) is 18.7. The third-order valence-electron chi connectivity index (χ3n) is 5.09. The first kappa shape index (κ1) is 23.5. The highest BCUT2D eigenvalue weighted by Crippen LogP contribution is 2.34. The summed E-state index contributed by atoms with van der Waals surface area (Å²) < 4.78 is 22.1. The molecular weight excluding hydrogens is 460 g/mol. The van der Waals surface area contributed by atoms with E-state index in [-0.39, 0.29) is 25.6 Å². The van der Waals surface area contributed by atoms with Crippen LogP contribution in [0, 0.1) is 0 Å². The van der Waals surface area contributed by atoms with Gasteiger partial charge in [-0.05, 0) is 54.6 Å². The molecule has 0 saturated carbocycles. The Morgan fingerprint density at radius 2 is 2.00 bits per heavy atom. The lowest BCUT2D eigenvalue weighted by Crippen LogP contribution is -2.46. The first-order valence-corrected chi connectivity index (χ1v) is 11.5. The number of methoxy groups -OCH3 is 1. The van der Waals surface area contributed by atoms with Gasteiger partial charge in [0.2, 0.25) is 6.10 Å². The van der Waals surface area contributed by atoms with E-state index in [9.17, 15) is 14.4 Å². The second-order valence-corrected chi connectivity index (χ2v) is 8.33. The summed E-state index contributed by atoms with van der Waals surface area (Å²) in [5.41, 5.74) is 0.703. The van der Waals surface area contributed by atoms with Crippen molar-refractivity contribution >= 4 is 34.9 Å². The van der Waals surface area contributed by atoms with Crippen LogP contribution in [-0.4, -0.2) is 61.5 Å². The van der Waals surface area contributed by atoms with Crippen molar-refractivity contribution in [1.29, 1.82) is 0 Å². The first-order chi connectivity index (χ1) is 16.5. The Labute approximate surface area is 201 Å². The number of carbonyl (C=O) groups excluding carboxylic acids is 3. The first-order valence-electron chi connectivity index (χ1n) is 10.7. The highest BCUT2D eigenvalue weighted by Gasteiger charge is 2.35. The van der Waals surface area contributed by atoms with E-state index < -0.39 is 17.3 Å². The van der Waals surface area contributed by atoms with Crippen LogP contribution in [0.15, 0.2) is 47.4 Å². The Bertz CT molecular complexity index is 1130. The summed E-state index contributed by atoms with van der Waals surface area (Å²) in [6, 6.07) is 12.4. The van der Waals surface area contributed by atoms with E-state index in [4.69, 9.17) is 18.9 Å². The molecule has 0 radical (unpaired) electrons. The molecule has 0 spiro atoms. The maximum Gasteiger partial charge on any atom is 0.293 e. The monoisotopic (exact) mass is 484 g/mol. The number of ether oxygens (including phenoxy) is 4. The fourth-order valence-electron chi connectivity index (χ4n) is 3.45. The number of para-hydroxylation sites is 2. The zero-order valence-corrected chi connectivity index (χ0v) is 19.6. The van der Waals surface area contributed by atoms with E-state index >= 15 is 0 Å². The van der Waals surface area contributed by atoms with Crippen molar-refractivity contribution in [2.75, 3.05) is 33.4 Å². The lowest BCUT2D eigenvalue weighted by molar-refractivity contribution is -0.131. The van der Waals surface area contributed by atoms with Gasteiger partial charge in [0.1, 0.15) is 6.61 Å². The van der Waals surface area contributed by atoms with Gasteiger partial charge in [-0.25, -0.2) is 0 Å². The van der Waals surface area contributed by atoms with Crippen molar-refractivity contribution in [3.63, 3.8) is 0 Å². The van der Waals surface area contributed by atoms with Crippen LogP contribution < -0.4 is 24.3 Å². The number of nitrogens with zero attached hydrogens (tertiary/aromatic N) is 1. The Morgan fingerprint density at radius 3 is 2.76 bits per heavy atom. The summed E-state index contributed by atoms with van der Waals surface area (Å²) in [5.74, 6) is 1.43. The number of benzene rings is 2. The molecule has 1 fully saturated rings. The smallest absolute Gasteiger partial charge is 0.293 e. The number of carbonyl (C=O) groups is 3. The minimum atomic E-state index is -0.806. The van der Waals surface area contributed by atoms with Crippen LogP contribution in [-0.2, 0) is 9.59 Å². The third-order valence-corrected chi connectivity index (χ3v) is 6.00. The molecule has 2 aromatic carbocycles. The molecule has 2 heterocycles. The van der Waals surface area contributed by atoms with Crippen molar-refractivity contribution in [3.8, 4) is 23.0 Å². The van der Waals surface area contributed by atoms with Crippen molar-refractivity contribution in [3.05, 3.63) is 52.9 Å². The van der Waals surface area contributed by atoms with E-state index in [0.29, 0.717) is 40.1 Å². The molecule has 4 rings (SSSR count). The normalized spacial score (nSPS) is 18.2. The molecule has 0 bridgehead atoms. The summed E-state index contributed by atoms with van der Waals surface area (Å²) in [5, 5.41) is 2.31. The number of fused-ring (bicyclic) bond motifs is 1. The van der Waals surface area contributed by atoms with E-state index in [0.717, 1.165) is 16.7 Å². The van der Waals surface area contributed by atoms with Gasteiger partial charge < -0.3 is 24.3 Å². The highest BCUT2D eigenvalue weighted by atomic mass is 32.2. The number of hydrogen-bond acceptors (Lipinski definition) is 8. The van der Waals surface area contributed by atoms with Gasteiger partial charge in [-0.3, -0.25) is 19.3 Å². The predicted molar refractivity (Wildman–Crippen MR) is 126 cm³/mol. The van der Waals surface area contributed by atoms with Crippen molar-refractivity contribution in [2.45, 2.75) is 13.0 Å².